The fraction of sp³-hybridized carbons (Fsp3) is 0.714. The summed E-state index contributed by atoms with van der Waals surface area (Å²) in [6, 6.07) is 0. The first-order chi connectivity index (χ1) is 5.91. The van der Waals surface area contributed by atoms with E-state index in [1.54, 1.807) is 0 Å². The molecule has 1 rings (SSSR count). The van der Waals surface area contributed by atoms with Crippen molar-refractivity contribution in [3.05, 3.63) is 12.5 Å². The van der Waals surface area contributed by atoms with E-state index in [4.69, 9.17) is 0 Å². The predicted octanol–water partition coefficient (Wildman–Crippen LogP) is 1.56. The number of hydrogen-bond acceptors (Lipinski definition) is 2. The van der Waals surface area contributed by atoms with E-state index in [9.17, 15) is 17.6 Å². The van der Waals surface area contributed by atoms with Crippen LogP contribution in [0.3, 0.4) is 0 Å². The summed E-state index contributed by atoms with van der Waals surface area (Å²) < 4.78 is 48.6. The second kappa shape index (κ2) is 3.53. The number of hydrogen-bond donors (Lipinski definition) is 0. The summed E-state index contributed by atoms with van der Waals surface area (Å²) in [7, 11) is 0. The van der Waals surface area contributed by atoms with Crippen molar-refractivity contribution < 1.29 is 17.6 Å². The first-order valence-electron chi connectivity index (χ1n) is 3.82. The molecule has 1 heterocycles. The van der Waals surface area contributed by atoms with Gasteiger partial charge in [0, 0.05) is 26.2 Å². The molecule has 0 atom stereocenters. The third-order valence-electron chi connectivity index (χ3n) is 1.98. The molecule has 1 fully saturated rings. The third-order valence-corrected chi connectivity index (χ3v) is 1.98. The van der Waals surface area contributed by atoms with E-state index in [1.165, 1.54) is 4.90 Å². The maximum absolute atomic E-state index is 12.4. The molecule has 2 nitrogen and oxygen atoms in total. The lowest BCUT2D eigenvalue weighted by atomic mass is 10.3. The Morgan fingerprint density at radius 3 is 1.85 bits per heavy atom. The van der Waals surface area contributed by atoms with Crippen LogP contribution in [0.4, 0.5) is 17.6 Å². The standard InChI is InChI=1S/C7H10F4N2/c1-6(8)12-2-4-13(5-3-12)7(9,10)11/h1-5H2. The van der Waals surface area contributed by atoms with Gasteiger partial charge in [0.15, 0.2) is 5.95 Å². The first kappa shape index (κ1) is 10.3. The third kappa shape index (κ3) is 2.58. The highest BCUT2D eigenvalue weighted by atomic mass is 19.4. The minimum Gasteiger partial charge on any atom is -0.346 e. The number of alkyl halides is 3. The van der Waals surface area contributed by atoms with Crippen molar-refractivity contribution >= 4 is 0 Å². The van der Waals surface area contributed by atoms with E-state index in [1.807, 2.05) is 0 Å². The lowest BCUT2D eigenvalue weighted by Gasteiger charge is -2.35. The molecule has 0 N–H and O–H groups in total. The molecule has 1 saturated heterocycles. The number of nitrogens with zero attached hydrogens (tertiary/aromatic N) is 2. The summed E-state index contributed by atoms with van der Waals surface area (Å²) >= 11 is 0. The smallest absolute Gasteiger partial charge is 0.346 e. The van der Waals surface area contributed by atoms with Crippen LogP contribution in [0.15, 0.2) is 12.5 Å². The number of rotatable bonds is 1. The molecular weight excluding hydrogens is 188 g/mol. The zero-order valence-corrected chi connectivity index (χ0v) is 6.94. The fourth-order valence-electron chi connectivity index (χ4n) is 1.20. The van der Waals surface area contributed by atoms with Crippen molar-refractivity contribution in [3.8, 4) is 0 Å². The Kier molecular flexibility index (Phi) is 2.80. The Bertz CT molecular complexity index is 193. The van der Waals surface area contributed by atoms with Gasteiger partial charge < -0.3 is 4.90 Å². The maximum Gasteiger partial charge on any atom is 0.460 e. The molecule has 0 aromatic rings. The lowest BCUT2D eigenvalue weighted by molar-refractivity contribution is -0.251. The van der Waals surface area contributed by atoms with Crippen LogP contribution in [-0.2, 0) is 0 Å². The Morgan fingerprint density at radius 2 is 1.54 bits per heavy atom. The summed E-state index contributed by atoms with van der Waals surface area (Å²) in [5, 5.41) is 0. The van der Waals surface area contributed by atoms with Gasteiger partial charge in [-0.15, -0.1) is 0 Å². The van der Waals surface area contributed by atoms with Gasteiger partial charge in [-0.25, -0.2) is 4.90 Å². The average molecular weight is 198 g/mol. The monoisotopic (exact) mass is 198 g/mol. The minimum absolute atomic E-state index is 0.0366. The molecular formula is C7H10F4N2. The topological polar surface area (TPSA) is 6.48 Å². The van der Waals surface area contributed by atoms with Gasteiger partial charge in [-0.3, -0.25) is 0 Å². The van der Waals surface area contributed by atoms with E-state index >= 15 is 0 Å². The summed E-state index contributed by atoms with van der Waals surface area (Å²) in [4.78, 5) is 1.56. The Labute approximate surface area is 73.4 Å². The molecule has 0 aliphatic carbocycles. The Balaban J connectivity index is 2.44. The van der Waals surface area contributed by atoms with Crippen LogP contribution in [0.5, 0.6) is 0 Å². The second-order valence-electron chi connectivity index (χ2n) is 2.82. The van der Waals surface area contributed by atoms with Gasteiger partial charge in [-0.2, -0.15) is 17.6 Å². The van der Waals surface area contributed by atoms with E-state index in [2.05, 4.69) is 6.58 Å². The quantitative estimate of drug-likeness (QED) is 0.466. The zero-order valence-electron chi connectivity index (χ0n) is 6.94. The highest BCUT2D eigenvalue weighted by Crippen LogP contribution is 2.23. The summed E-state index contributed by atoms with van der Waals surface area (Å²) in [5.74, 6) is -0.665. The zero-order chi connectivity index (χ0) is 10.1. The molecule has 0 amide bonds. The molecule has 0 aromatic carbocycles. The van der Waals surface area contributed by atoms with E-state index < -0.39 is 12.3 Å². The van der Waals surface area contributed by atoms with Crippen LogP contribution in [0.1, 0.15) is 0 Å². The molecule has 76 valence electrons. The summed E-state index contributed by atoms with van der Waals surface area (Å²) in [6.45, 7) is 2.69. The largest absolute Gasteiger partial charge is 0.460 e. The molecule has 0 spiro atoms. The maximum atomic E-state index is 12.4. The normalized spacial score (nSPS) is 20.5. The molecule has 1 aliphatic heterocycles. The lowest BCUT2D eigenvalue weighted by Crippen LogP contribution is -2.50. The predicted molar refractivity (Wildman–Crippen MR) is 39.4 cm³/mol. The van der Waals surface area contributed by atoms with Gasteiger partial charge in [0.2, 0.25) is 0 Å². The minimum atomic E-state index is -4.30. The van der Waals surface area contributed by atoms with Crippen molar-refractivity contribution in [3.63, 3.8) is 0 Å². The van der Waals surface area contributed by atoms with Crippen molar-refractivity contribution in [1.82, 2.24) is 9.80 Å². The summed E-state index contributed by atoms with van der Waals surface area (Å²) in [5.41, 5.74) is 0. The molecule has 0 bridgehead atoms. The molecule has 0 unspecified atom stereocenters. The summed E-state index contributed by atoms with van der Waals surface area (Å²) in [6.07, 6.45) is -4.30. The number of piperazine rings is 1. The van der Waals surface area contributed by atoms with Crippen molar-refractivity contribution in [1.29, 1.82) is 0 Å². The fourth-order valence-corrected chi connectivity index (χ4v) is 1.20. The SMILES string of the molecule is C=C(F)N1CCN(C(F)(F)F)CC1. The molecule has 0 saturated carbocycles. The van der Waals surface area contributed by atoms with Crippen LogP contribution in [0.25, 0.3) is 0 Å². The van der Waals surface area contributed by atoms with E-state index in [-0.39, 0.29) is 26.2 Å². The Morgan fingerprint density at radius 1 is 1.08 bits per heavy atom. The van der Waals surface area contributed by atoms with E-state index in [0.717, 1.165) is 0 Å². The molecule has 6 heteroatoms. The Hall–Kier alpha value is -0.780. The molecule has 13 heavy (non-hydrogen) atoms. The first-order valence-corrected chi connectivity index (χ1v) is 3.82. The second-order valence-corrected chi connectivity index (χ2v) is 2.82. The van der Waals surface area contributed by atoms with Crippen LogP contribution < -0.4 is 0 Å². The van der Waals surface area contributed by atoms with Crippen molar-refractivity contribution in [2.75, 3.05) is 26.2 Å². The van der Waals surface area contributed by atoms with Gasteiger partial charge in [0.25, 0.3) is 0 Å². The molecule has 0 aromatic heterocycles. The highest BCUT2D eigenvalue weighted by molar-refractivity contribution is 4.86. The molecule has 1 aliphatic rings. The van der Waals surface area contributed by atoms with E-state index in [0.29, 0.717) is 4.90 Å². The van der Waals surface area contributed by atoms with Gasteiger partial charge in [0.1, 0.15) is 0 Å². The highest BCUT2D eigenvalue weighted by Gasteiger charge is 2.38. The van der Waals surface area contributed by atoms with Crippen molar-refractivity contribution in [2.45, 2.75) is 6.30 Å². The van der Waals surface area contributed by atoms with Gasteiger partial charge in [-0.1, -0.05) is 0 Å². The van der Waals surface area contributed by atoms with Crippen LogP contribution in [0, 0.1) is 0 Å². The van der Waals surface area contributed by atoms with Gasteiger partial charge >= 0.3 is 6.30 Å². The van der Waals surface area contributed by atoms with Gasteiger partial charge in [-0.05, 0) is 6.58 Å². The molecule has 0 radical (unpaired) electrons. The van der Waals surface area contributed by atoms with Crippen LogP contribution in [-0.4, -0.2) is 42.3 Å². The average Bonchev–Trinajstić information content (AvgIpc) is 2.03. The van der Waals surface area contributed by atoms with Crippen LogP contribution >= 0.6 is 0 Å². The van der Waals surface area contributed by atoms with Crippen LogP contribution in [0.2, 0.25) is 0 Å². The number of halogens is 4. The van der Waals surface area contributed by atoms with Crippen molar-refractivity contribution in [2.24, 2.45) is 0 Å². The van der Waals surface area contributed by atoms with Gasteiger partial charge in [0.05, 0.1) is 0 Å².